The van der Waals surface area contributed by atoms with Crippen molar-refractivity contribution in [2.75, 3.05) is 5.32 Å². The number of nitrogens with zero attached hydrogens (tertiary/aromatic N) is 2. The normalized spacial score (nSPS) is 18.2. The number of rotatable bonds is 2. The Bertz CT molecular complexity index is 557. The summed E-state index contributed by atoms with van der Waals surface area (Å²) in [4.78, 5) is 0. The number of nitrogens with one attached hydrogen (secondary N) is 1. The van der Waals surface area contributed by atoms with E-state index in [0.717, 1.165) is 12.1 Å². The largest absolute Gasteiger partial charge is 0.382 e. The fourth-order valence-electron chi connectivity index (χ4n) is 2.58. The van der Waals surface area contributed by atoms with Crippen molar-refractivity contribution in [1.82, 2.24) is 9.78 Å². The highest BCUT2D eigenvalue weighted by atomic mass is 15.2. The Balaban J connectivity index is 1.82. The summed E-state index contributed by atoms with van der Waals surface area (Å²) in [7, 11) is 1.96. The van der Waals surface area contributed by atoms with E-state index in [2.05, 4.69) is 41.6 Å². The Kier molecular flexibility index (Phi) is 2.82. The van der Waals surface area contributed by atoms with Crippen molar-refractivity contribution < 1.29 is 0 Å². The van der Waals surface area contributed by atoms with Crippen molar-refractivity contribution in [2.45, 2.75) is 32.2 Å². The first-order valence-electron chi connectivity index (χ1n) is 6.57. The summed E-state index contributed by atoms with van der Waals surface area (Å²) in [5.41, 5.74) is 5.23. The Morgan fingerprint density at radius 2 is 2.28 bits per heavy atom. The summed E-state index contributed by atoms with van der Waals surface area (Å²) in [5.74, 6) is 0. The van der Waals surface area contributed by atoms with E-state index in [9.17, 15) is 0 Å². The van der Waals surface area contributed by atoms with Crippen LogP contribution in [0.5, 0.6) is 0 Å². The summed E-state index contributed by atoms with van der Waals surface area (Å²) in [6, 6.07) is 9.42. The minimum Gasteiger partial charge on any atom is -0.382 e. The maximum Gasteiger partial charge on any atom is 0.0668 e. The van der Waals surface area contributed by atoms with Gasteiger partial charge in [0.15, 0.2) is 0 Å². The van der Waals surface area contributed by atoms with Gasteiger partial charge in [-0.15, -0.1) is 0 Å². The van der Waals surface area contributed by atoms with Gasteiger partial charge in [0.05, 0.1) is 5.69 Å². The van der Waals surface area contributed by atoms with Crippen LogP contribution in [0.4, 0.5) is 5.69 Å². The molecular weight excluding hydrogens is 222 g/mol. The van der Waals surface area contributed by atoms with Crippen LogP contribution in [-0.4, -0.2) is 15.8 Å². The summed E-state index contributed by atoms with van der Waals surface area (Å²) in [5, 5.41) is 7.97. The molecule has 0 fully saturated rings. The second kappa shape index (κ2) is 4.48. The highest BCUT2D eigenvalue weighted by Crippen LogP contribution is 2.26. The van der Waals surface area contributed by atoms with E-state index in [-0.39, 0.29) is 0 Å². The molecule has 3 rings (SSSR count). The summed E-state index contributed by atoms with van der Waals surface area (Å²) < 4.78 is 1.86. The monoisotopic (exact) mass is 241 g/mol. The second-order valence-electron chi connectivity index (χ2n) is 5.23. The van der Waals surface area contributed by atoms with Crippen molar-refractivity contribution in [2.24, 2.45) is 7.05 Å². The SMILES string of the molecule is CC1CCc2cc(Cc3ccn(C)n3)ccc2N1. The van der Waals surface area contributed by atoms with Crippen LogP contribution >= 0.6 is 0 Å². The summed E-state index contributed by atoms with van der Waals surface area (Å²) >= 11 is 0. The summed E-state index contributed by atoms with van der Waals surface area (Å²) in [6.07, 6.45) is 5.32. The maximum atomic E-state index is 4.43. The van der Waals surface area contributed by atoms with E-state index in [1.807, 2.05) is 17.9 Å². The van der Waals surface area contributed by atoms with Crippen molar-refractivity contribution in [3.05, 3.63) is 47.3 Å². The van der Waals surface area contributed by atoms with Gasteiger partial charge in [0, 0.05) is 31.4 Å². The minimum absolute atomic E-state index is 0.596. The first kappa shape index (κ1) is 11.3. The fourth-order valence-corrected chi connectivity index (χ4v) is 2.58. The molecule has 1 unspecified atom stereocenters. The summed E-state index contributed by atoms with van der Waals surface area (Å²) in [6.45, 7) is 2.24. The van der Waals surface area contributed by atoms with Crippen molar-refractivity contribution >= 4 is 5.69 Å². The smallest absolute Gasteiger partial charge is 0.0668 e. The van der Waals surface area contributed by atoms with E-state index in [4.69, 9.17) is 0 Å². The van der Waals surface area contributed by atoms with Crippen LogP contribution in [0.1, 0.15) is 30.2 Å². The van der Waals surface area contributed by atoms with Gasteiger partial charge in [0.1, 0.15) is 0 Å². The molecule has 0 spiro atoms. The Labute approximate surface area is 108 Å². The topological polar surface area (TPSA) is 29.9 Å². The highest BCUT2D eigenvalue weighted by Gasteiger charge is 2.14. The van der Waals surface area contributed by atoms with Crippen LogP contribution in [0.25, 0.3) is 0 Å². The van der Waals surface area contributed by atoms with Gasteiger partial charge in [0.25, 0.3) is 0 Å². The molecule has 1 atom stereocenters. The average Bonchev–Trinajstić information content (AvgIpc) is 2.75. The van der Waals surface area contributed by atoms with Crippen LogP contribution in [0.2, 0.25) is 0 Å². The van der Waals surface area contributed by atoms with Crippen molar-refractivity contribution in [3.63, 3.8) is 0 Å². The van der Waals surface area contributed by atoms with Crippen LogP contribution in [-0.2, 0) is 19.9 Å². The molecule has 94 valence electrons. The number of fused-ring (bicyclic) bond motifs is 1. The average molecular weight is 241 g/mol. The molecule has 0 bridgehead atoms. The Hall–Kier alpha value is -1.77. The molecule has 1 aliphatic rings. The van der Waals surface area contributed by atoms with Gasteiger partial charge >= 0.3 is 0 Å². The standard InChI is InChI=1S/C15H19N3/c1-11-3-5-13-9-12(4-6-15(13)16-11)10-14-7-8-18(2)17-14/h4,6-9,11,16H,3,5,10H2,1-2H3. The molecule has 3 heteroatoms. The van der Waals surface area contributed by atoms with Gasteiger partial charge in [-0.2, -0.15) is 5.10 Å². The van der Waals surface area contributed by atoms with Crippen LogP contribution in [0.3, 0.4) is 0 Å². The molecular formula is C15H19N3. The quantitative estimate of drug-likeness (QED) is 0.876. The molecule has 1 aromatic carbocycles. The van der Waals surface area contributed by atoms with E-state index >= 15 is 0 Å². The lowest BCUT2D eigenvalue weighted by molar-refractivity contribution is 0.680. The molecule has 0 saturated carbocycles. The van der Waals surface area contributed by atoms with E-state index in [0.29, 0.717) is 6.04 Å². The maximum absolute atomic E-state index is 4.43. The zero-order chi connectivity index (χ0) is 12.5. The molecule has 2 heterocycles. The molecule has 0 radical (unpaired) electrons. The number of benzene rings is 1. The highest BCUT2D eigenvalue weighted by molar-refractivity contribution is 5.55. The molecule has 1 aromatic heterocycles. The molecule has 0 amide bonds. The van der Waals surface area contributed by atoms with Gasteiger partial charge in [-0.1, -0.05) is 12.1 Å². The predicted octanol–water partition coefficient (Wildman–Crippen LogP) is 2.76. The van der Waals surface area contributed by atoms with E-state index in [1.165, 1.54) is 29.7 Å². The lowest BCUT2D eigenvalue weighted by Gasteiger charge is -2.24. The fraction of sp³-hybridized carbons (Fsp3) is 0.400. The van der Waals surface area contributed by atoms with E-state index < -0.39 is 0 Å². The lowest BCUT2D eigenvalue weighted by Crippen LogP contribution is -2.21. The zero-order valence-electron chi connectivity index (χ0n) is 11.0. The van der Waals surface area contributed by atoms with Gasteiger partial charge < -0.3 is 5.32 Å². The number of hydrogen-bond donors (Lipinski definition) is 1. The molecule has 2 aromatic rings. The van der Waals surface area contributed by atoms with Gasteiger partial charge in [-0.05, 0) is 43.0 Å². The Morgan fingerprint density at radius 1 is 1.39 bits per heavy atom. The molecule has 3 nitrogen and oxygen atoms in total. The van der Waals surface area contributed by atoms with E-state index in [1.54, 1.807) is 0 Å². The molecule has 1 N–H and O–H groups in total. The van der Waals surface area contributed by atoms with Crippen LogP contribution in [0.15, 0.2) is 30.5 Å². The minimum atomic E-state index is 0.596. The Morgan fingerprint density at radius 3 is 3.06 bits per heavy atom. The third kappa shape index (κ3) is 2.26. The second-order valence-corrected chi connectivity index (χ2v) is 5.23. The number of aryl methyl sites for hydroxylation is 2. The number of hydrogen-bond acceptors (Lipinski definition) is 2. The first-order valence-corrected chi connectivity index (χ1v) is 6.57. The number of anilines is 1. The van der Waals surface area contributed by atoms with Gasteiger partial charge in [-0.25, -0.2) is 0 Å². The first-order chi connectivity index (χ1) is 8.70. The zero-order valence-corrected chi connectivity index (χ0v) is 11.0. The van der Waals surface area contributed by atoms with Gasteiger partial charge in [-0.3, -0.25) is 4.68 Å². The third-order valence-corrected chi connectivity index (χ3v) is 3.57. The van der Waals surface area contributed by atoms with Crippen LogP contribution < -0.4 is 5.32 Å². The van der Waals surface area contributed by atoms with Gasteiger partial charge in [0.2, 0.25) is 0 Å². The molecule has 1 aliphatic heterocycles. The molecule has 0 aliphatic carbocycles. The molecule has 0 saturated heterocycles. The predicted molar refractivity (Wildman–Crippen MR) is 73.9 cm³/mol. The lowest BCUT2D eigenvalue weighted by atomic mass is 9.96. The van der Waals surface area contributed by atoms with Crippen molar-refractivity contribution in [1.29, 1.82) is 0 Å². The third-order valence-electron chi connectivity index (χ3n) is 3.57. The van der Waals surface area contributed by atoms with Crippen molar-refractivity contribution in [3.8, 4) is 0 Å². The number of aromatic nitrogens is 2. The van der Waals surface area contributed by atoms with Crippen LogP contribution in [0, 0.1) is 0 Å². The molecule has 18 heavy (non-hydrogen) atoms.